The Morgan fingerprint density at radius 2 is 1.86 bits per heavy atom. The Morgan fingerprint density at radius 1 is 1.24 bits per heavy atom. The fourth-order valence-electron chi connectivity index (χ4n) is 2.11. The molecule has 0 radical (unpaired) electrons. The molecule has 1 unspecified atom stereocenters. The second-order valence-electron chi connectivity index (χ2n) is 7.46. The number of nitrogens with one attached hydrogen (secondary N) is 1. The van der Waals surface area contributed by atoms with Crippen LogP contribution in [-0.2, 0) is 6.54 Å². The van der Waals surface area contributed by atoms with E-state index in [1.165, 1.54) is 17.0 Å². The van der Waals surface area contributed by atoms with Gasteiger partial charge >= 0.3 is 0 Å². The molecule has 122 valence electrons. The van der Waals surface area contributed by atoms with E-state index in [1.807, 2.05) is 11.3 Å². The first-order chi connectivity index (χ1) is 9.64. The summed E-state index contributed by atoms with van der Waals surface area (Å²) in [7, 11) is 2.16. The van der Waals surface area contributed by atoms with Gasteiger partial charge in [0, 0.05) is 30.6 Å². The lowest BCUT2D eigenvalue weighted by molar-refractivity contribution is 0.425. The Morgan fingerprint density at radius 3 is 2.33 bits per heavy atom. The number of aromatic nitrogens is 1. The molecule has 0 saturated carbocycles. The molecule has 1 aromatic heterocycles. The summed E-state index contributed by atoms with van der Waals surface area (Å²) >= 11 is 1.84. The molecule has 0 aliphatic heterocycles. The first-order valence-electron chi connectivity index (χ1n) is 8.09. The molecule has 1 N–H and O–H groups in total. The second kappa shape index (κ2) is 7.59. The third-order valence-electron chi connectivity index (χ3n) is 3.65. The highest BCUT2D eigenvalue weighted by Gasteiger charge is 2.19. The molecule has 0 bridgehead atoms. The average Bonchev–Trinajstić information content (AvgIpc) is 2.79. The van der Waals surface area contributed by atoms with Crippen molar-refractivity contribution in [2.24, 2.45) is 5.92 Å². The maximum absolute atomic E-state index is 4.90. The summed E-state index contributed by atoms with van der Waals surface area (Å²) in [6.45, 7) is 17.6. The molecular weight excluding hydrogens is 278 g/mol. The van der Waals surface area contributed by atoms with Crippen molar-refractivity contribution in [2.45, 2.75) is 72.9 Å². The summed E-state index contributed by atoms with van der Waals surface area (Å²) < 4.78 is 0. The van der Waals surface area contributed by atoms with Gasteiger partial charge in [0.05, 0.1) is 5.69 Å². The van der Waals surface area contributed by atoms with Crippen LogP contribution in [0.3, 0.4) is 0 Å². The van der Waals surface area contributed by atoms with Gasteiger partial charge in [-0.1, -0.05) is 34.1 Å². The van der Waals surface area contributed by atoms with Crippen molar-refractivity contribution in [3.63, 3.8) is 0 Å². The van der Waals surface area contributed by atoms with Crippen molar-refractivity contribution in [1.82, 2.24) is 10.3 Å². The van der Waals surface area contributed by atoms with Gasteiger partial charge in [-0.25, -0.2) is 4.98 Å². The Bertz CT molecular complexity index is 432. The number of thiazole rings is 1. The molecule has 0 aliphatic rings. The molecule has 3 nitrogen and oxygen atoms in total. The molecule has 4 heteroatoms. The van der Waals surface area contributed by atoms with E-state index < -0.39 is 0 Å². The maximum Gasteiger partial charge on any atom is 0.185 e. The maximum atomic E-state index is 4.90. The number of hydrogen-bond donors (Lipinski definition) is 1. The lowest BCUT2D eigenvalue weighted by Crippen LogP contribution is -2.35. The predicted molar refractivity (Wildman–Crippen MR) is 95.5 cm³/mol. The van der Waals surface area contributed by atoms with Gasteiger partial charge in [-0.15, -0.1) is 11.3 Å². The van der Waals surface area contributed by atoms with Crippen molar-refractivity contribution >= 4 is 16.5 Å². The average molecular weight is 312 g/mol. The van der Waals surface area contributed by atoms with Crippen LogP contribution in [0.4, 0.5) is 5.13 Å². The molecule has 0 fully saturated rings. The zero-order valence-electron chi connectivity index (χ0n) is 15.1. The van der Waals surface area contributed by atoms with E-state index >= 15 is 0 Å². The van der Waals surface area contributed by atoms with Gasteiger partial charge < -0.3 is 10.2 Å². The van der Waals surface area contributed by atoms with E-state index in [0.29, 0.717) is 11.8 Å². The largest absolute Gasteiger partial charge is 0.351 e. The van der Waals surface area contributed by atoms with Crippen molar-refractivity contribution in [1.29, 1.82) is 0 Å². The fourth-order valence-corrected chi connectivity index (χ4v) is 3.24. The van der Waals surface area contributed by atoms with Crippen LogP contribution in [0.1, 0.15) is 71.4 Å². The van der Waals surface area contributed by atoms with E-state index in [1.54, 1.807) is 0 Å². The van der Waals surface area contributed by atoms with Crippen LogP contribution < -0.4 is 10.2 Å². The normalized spacial score (nSPS) is 13.8. The zero-order valence-corrected chi connectivity index (χ0v) is 15.9. The fraction of sp³-hybridized carbons (Fsp3) is 0.824. The Labute approximate surface area is 135 Å². The lowest BCUT2D eigenvalue weighted by Gasteiger charge is -2.20. The number of hydrogen-bond acceptors (Lipinski definition) is 4. The number of rotatable bonds is 7. The number of anilines is 1. The van der Waals surface area contributed by atoms with Crippen molar-refractivity contribution in [3.8, 4) is 0 Å². The highest BCUT2D eigenvalue weighted by Crippen LogP contribution is 2.31. The van der Waals surface area contributed by atoms with Gasteiger partial charge in [-0.05, 0) is 32.6 Å². The molecule has 21 heavy (non-hydrogen) atoms. The molecule has 0 aromatic carbocycles. The lowest BCUT2D eigenvalue weighted by atomic mass is 10.1. The third kappa shape index (κ3) is 5.95. The van der Waals surface area contributed by atoms with Gasteiger partial charge in [0.25, 0.3) is 0 Å². The minimum absolute atomic E-state index is 0.140. The van der Waals surface area contributed by atoms with Crippen LogP contribution in [-0.4, -0.2) is 24.1 Å². The highest BCUT2D eigenvalue weighted by molar-refractivity contribution is 7.15. The van der Waals surface area contributed by atoms with Gasteiger partial charge in [0.15, 0.2) is 5.13 Å². The van der Waals surface area contributed by atoms with Gasteiger partial charge in [-0.2, -0.15) is 0 Å². The minimum Gasteiger partial charge on any atom is -0.351 e. The van der Waals surface area contributed by atoms with Crippen LogP contribution >= 0.6 is 11.3 Å². The van der Waals surface area contributed by atoms with Gasteiger partial charge in [0.1, 0.15) is 0 Å². The summed E-state index contributed by atoms with van der Waals surface area (Å²) in [5, 5.41) is 4.75. The summed E-state index contributed by atoms with van der Waals surface area (Å²) in [5.41, 5.74) is 1.39. The van der Waals surface area contributed by atoms with Gasteiger partial charge in [0.2, 0.25) is 0 Å². The molecular formula is C17H33N3S. The molecule has 0 saturated heterocycles. The Kier molecular flexibility index (Phi) is 6.67. The SMILES string of the molecule is CCC(C)CN(C)c1nc(C(C)C)c(CNC(C)(C)C)s1. The van der Waals surface area contributed by atoms with Crippen LogP contribution in [0, 0.1) is 5.92 Å². The summed E-state index contributed by atoms with van der Waals surface area (Å²) in [5.74, 6) is 1.18. The molecule has 0 amide bonds. The van der Waals surface area contributed by atoms with Crippen LogP contribution in [0.15, 0.2) is 0 Å². The first kappa shape index (κ1) is 18.4. The number of nitrogens with zero attached hydrogens (tertiary/aromatic N) is 2. The van der Waals surface area contributed by atoms with Crippen molar-refractivity contribution in [2.75, 3.05) is 18.5 Å². The van der Waals surface area contributed by atoms with Crippen LogP contribution in [0.5, 0.6) is 0 Å². The highest BCUT2D eigenvalue weighted by atomic mass is 32.1. The smallest absolute Gasteiger partial charge is 0.185 e. The molecule has 0 spiro atoms. The molecule has 1 atom stereocenters. The summed E-state index contributed by atoms with van der Waals surface area (Å²) in [6, 6.07) is 0. The second-order valence-corrected chi connectivity index (χ2v) is 8.52. The van der Waals surface area contributed by atoms with E-state index in [-0.39, 0.29) is 5.54 Å². The Hall–Kier alpha value is -0.610. The van der Waals surface area contributed by atoms with E-state index in [2.05, 4.69) is 65.7 Å². The van der Waals surface area contributed by atoms with E-state index in [9.17, 15) is 0 Å². The summed E-state index contributed by atoms with van der Waals surface area (Å²) in [6.07, 6.45) is 1.21. The molecule has 1 rings (SSSR count). The quantitative estimate of drug-likeness (QED) is 0.795. The monoisotopic (exact) mass is 311 g/mol. The van der Waals surface area contributed by atoms with Crippen molar-refractivity contribution in [3.05, 3.63) is 10.6 Å². The van der Waals surface area contributed by atoms with Gasteiger partial charge in [-0.3, -0.25) is 0 Å². The summed E-state index contributed by atoms with van der Waals surface area (Å²) in [4.78, 5) is 8.59. The van der Waals surface area contributed by atoms with E-state index in [0.717, 1.165) is 18.2 Å². The molecule has 0 aliphatic carbocycles. The van der Waals surface area contributed by atoms with Crippen molar-refractivity contribution < 1.29 is 0 Å². The van der Waals surface area contributed by atoms with E-state index in [4.69, 9.17) is 4.98 Å². The predicted octanol–water partition coefficient (Wildman–Crippen LogP) is 4.64. The van der Waals surface area contributed by atoms with Crippen LogP contribution in [0.25, 0.3) is 0 Å². The minimum atomic E-state index is 0.140. The zero-order chi connectivity index (χ0) is 16.2. The standard InChI is InChI=1S/C17H33N3S/c1-9-13(4)11-20(8)16-19-15(12(2)3)14(21-16)10-18-17(5,6)7/h12-13,18H,9-11H2,1-8H3. The van der Waals surface area contributed by atoms with Crippen LogP contribution in [0.2, 0.25) is 0 Å². The molecule has 1 heterocycles. The molecule has 1 aromatic rings. The first-order valence-corrected chi connectivity index (χ1v) is 8.91. The topological polar surface area (TPSA) is 28.2 Å². The third-order valence-corrected chi connectivity index (χ3v) is 4.84. The Balaban J connectivity index is 2.88.